The molecule has 0 aromatic heterocycles. The summed E-state index contributed by atoms with van der Waals surface area (Å²) in [6.07, 6.45) is 2.58. The predicted octanol–water partition coefficient (Wildman–Crippen LogP) is 3.16. The van der Waals surface area contributed by atoms with Gasteiger partial charge in [0.15, 0.2) is 0 Å². The van der Waals surface area contributed by atoms with E-state index in [2.05, 4.69) is 27.0 Å². The summed E-state index contributed by atoms with van der Waals surface area (Å²) in [7, 11) is 0. The van der Waals surface area contributed by atoms with Gasteiger partial charge in [-0.2, -0.15) is 0 Å². The summed E-state index contributed by atoms with van der Waals surface area (Å²) in [5.74, 6) is 1.34. The average Bonchev–Trinajstić information content (AvgIpc) is 1.93. The Balaban J connectivity index is 2.70. The fourth-order valence-corrected chi connectivity index (χ4v) is 1.48. The van der Waals surface area contributed by atoms with E-state index in [0.717, 1.165) is 0 Å². The standard InChI is InChI=1S/C10H16/c1-7-5-6-8(2)10(4)9(7)3/h7-8H,3-6H2,1-2H3. The zero-order chi connectivity index (χ0) is 7.72. The van der Waals surface area contributed by atoms with Crippen molar-refractivity contribution in [1.82, 2.24) is 0 Å². The highest BCUT2D eigenvalue weighted by Gasteiger charge is 2.20. The first-order chi connectivity index (χ1) is 4.63. The molecule has 0 radical (unpaired) electrons. The lowest BCUT2D eigenvalue weighted by Gasteiger charge is -2.28. The van der Waals surface area contributed by atoms with E-state index < -0.39 is 0 Å². The third kappa shape index (κ3) is 1.16. The van der Waals surface area contributed by atoms with Crippen molar-refractivity contribution >= 4 is 0 Å². The van der Waals surface area contributed by atoms with E-state index in [1.807, 2.05) is 0 Å². The van der Waals surface area contributed by atoms with Gasteiger partial charge in [0.1, 0.15) is 0 Å². The van der Waals surface area contributed by atoms with Gasteiger partial charge >= 0.3 is 0 Å². The second kappa shape index (κ2) is 2.61. The van der Waals surface area contributed by atoms with E-state index in [9.17, 15) is 0 Å². The van der Waals surface area contributed by atoms with Gasteiger partial charge in [0.2, 0.25) is 0 Å². The molecule has 56 valence electrons. The molecule has 10 heavy (non-hydrogen) atoms. The molecule has 0 aromatic carbocycles. The normalized spacial score (nSPS) is 34.6. The molecule has 0 spiro atoms. The van der Waals surface area contributed by atoms with E-state index in [0.29, 0.717) is 11.8 Å². The van der Waals surface area contributed by atoms with Crippen LogP contribution >= 0.6 is 0 Å². The Morgan fingerprint density at radius 1 is 1.00 bits per heavy atom. The minimum atomic E-state index is 0.670. The summed E-state index contributed by atoms with van der Waals surface area (Å²) in [6, 6.07) is 0. The van der Waals surface area contributed by atoms with Crippen LogP contribution in [0.25, 0.3) is 0 Å². The van der Waals surface area contributed by atoms with E-state index in [1.165, 1.54) is 24.0 Å². The van der Waals surface area contributed by atoms with Crippen LogP contribution in [0.2, 0.25) is 0 Å². The van der Waals surface area contributed by atoms with Gasteiger partial charge in [-0.15, -0.1) is 0 Å². The van der Waals surface area contributed by atoms with E-state index in [1.54, 1.807) is 0 Å². The Hall–Kier alpha value is -0.520. The topological polar surface area (TPSA) is 0 Å². The molecule has 0 nitrogen and oxygen atoms in total. The smallest absolute Gasteiger partial charge is 0.0193 e. The first kappa shape index (κ1) is 7.59. The SMILES string of the molecule is C=C1C(=C)C(C)CCC1C. The molecule has 2 atom stereocenters. The lowest BCUT2D eigenvalue weighted by Crippen LogP contribution is -2.14. The van der Waals surface area contributed by atoms with Crippen molar-refractivity contribution < 1.29 is 0 Å². The summed E-state index contributed by atoms with van der Waals surface area (Å²) < 4.78 is 0. The average molecular weight is 136 g/mol. The Morgan fingerprint density at radius 3 is 1.60 bits per heavy atom. The fraction of sp³-hybridized carbons (Fsp3) is 0.600. The van der Waals surface area contributed by atoms with Crippen LogP contribution in [0.15, 0.2) is 24.3 Å². The van der Waals surface area contributed by atoms with E-state index in [-0.39, 0.29) is 0 Å². The van der Waals surface area contributed by atoms with Gasteiger partial charge in [0.05, 0.1) is 0 Å². The van der Waals surface area contributed by atoms with Gasteiger partial charge < -0.3 is 0 Å². The van der Waals surface area contributed by atoms with Gasteiger partial charge in [-0.05, 0) is 35.8 Å². The first-order valence-electron chi connectivity index (χ1n) is 4.01. The van der Waals surface area contributed by atoms with Crippen LogP contribution in [0.1, 0.15) is 26.7 Å². The van der Waals surface area contributed by atoms with Crippen molar-refractivity contribution in [1.29, 1.82) is 0 Å². The third-order valence-corrected chi connectivity index (χ3v) is 2.63. The summed E-state index contributed by atoms with van der Waals surface area (Å²) in [5.41, 5.74) is 2.55. The van der Waals surface area contributed by atoms with Crippen LogP contribution in [0.4, 0.5) is 0 Å². The molecule has 0 aromatic rings. The third-order valence-electron chi connectivity index (χ3n) is 2.63. The van der Waals surface area contributed by atoms with Crippen LogP contribution in [0.5, 0.6) is 0 Å². The second-order valence-electron chi connectivity index (χ2n) is 3.43. The van der Waals surface area contributed by atoms with Gasteiger partial charge in [0, 0.05) is 0 Å². The van der Waals surface area contributed by atoms with E-state index in [4.69, 9.17) is 0 Å². The van der Waals surface area contributed by atoms with Crippen LogP contribution < -0.4 is 0 Å². The van der Waals surface area contributed by atoms with Crippen molar-refractivity contribution in [2.45, 2.75) is 26.7 Å². The maximum absolute atomic E-state index is 4.03. The van der Waals surface area contributed by atoms with Crippen LogP contribution in [-0.2, 0) is 0 Å². The molecule has 0 amide bonds. The van der Waals surface area contributed by atoms with Crippen molar-refractivity contribution in [2.75, 3.05) is 0 Å². The zero-order valence-electron chi connectivity index (χ0n) is 6.98. The summed E-state index contributed by atoms with van der Waals surface area (Å²) in [4.78, 5) is 0. The lowest BCUT2D eigenvalue weighted by molar-refractivity contribution is 0.459. The summed E-state index contributed by atoms with van der Waals surface area (Å²) >= 11 is 0. The van der Waals surface area contributed by atoms with E-state index >= 15 is 0 Å². The minimum absolute atomic E-state index is 0.670. The fourth-order valence-electron chi connectivity index (χ4n) is 1.48. The largest absolute Gasteiger partial charge is 0.0953 e. The molecule has 0 saturated heterocycles. The molecule has 1 aliphatic rings. The highest BCUT2D eigenvalue weighted by Crippen LogP contribution is 2.34. The molecular formula is C10H16. The highest BCUT2D eigenvalue weighted by molar-refractivity contribution is 5.31. The maximum Gasteiger partial charge on any atom is -0.0193 e. The summed E-state index contributed by atoms with van der Waals surface area (Å²) in [5, 5.41) is 0. The maximum atomic E-state index is 4.03. The number of hydrogen-bond acceptors (Lipinski definition) is 0. The van der Waals surface area contributed by atoms with Crippen LogP contribution in [0.3, 0.4) is 0 Å². The molecule has 0 heteroatoms. The number of allylic oxidation sites excluding steroid dienone is 2. The molecule has 0 N–H and O–H groups in total. The van der Waals surface area contributed by atoms with Gasteiger partial charge in [-0.25, -0.2) is 0 Å². The molecule has 1 fully saturated rings. The Labute approximate surface area is 63.6 Å². The molecule has 0 heterocycles. The van der Waals surface area contributed by atoms with Crippen LogP contribution in [-0.4, -0.2) is 0 Å². The van der Waals surface area contributed by atoms with Gasteiger partial charge in [-0.1, -0.05) is 27.0 Å². The monoisotopic (exact) mass is 136 g/mol. The minimum Gasteiger partial charge on any atom is -0.0953 e. The molecule has 2 unspecified atom stereocenters. The Morgan fingerprint density at radius 2 is 1.30 bits per heavy atom. The van der Waals surface area contributed by atoms with Gasteiger partial charge in [-0.3, -0.25) is 0 Å². The van der Waals surface area contributed by atoms with Crippen molar-refractivity contribution in [3.63, 3.8) is 0 Å². The second-order valence-corrected chi connectivity index (χ2v) is 3.43. The lowest BCUT2D eigenvalue weighted by atomic mass is 9.77. The van der Waals surface area contributed by atoms with Gasteiger partial charge in [0.25, 0.3) is 0 Å². The molecule has 0 bridgehead atoms. The molecular weight excluding hydrogens is 120 g/mol. The highest BCUT2D eigenvalue weighted by atomic mass is 14.3. The predicted molar refractivity (Wildman–Crippen MR) is 45.8 cm³/mol. The number of rotatable bonds is 0. The van der Waals surface area contributed by atoms with Crippen molar-refractivity contribution in [3.8, 4) is 0 Å². The van der Waals surface area contributed by atoms with Crippen LogP contribution in [0, 0.1) is 11.8 Å². The van der Waals surface area contributed by atoms with Crippen molar-refractivity contribution in [3.05, 3.63) is 24.3 Å². The van der Waals surface area contributed by atoms with Crippen molar-refractivity contribution in [2.24, 2.45) is 11.8 Å². The number of hydrogen-bond donors (Lipinski definition) is 0. The quantitative estimate of drug-likeness (QED) is 0.480. The molecule has 1 aliphatic carbocycles. The Kier molecular flexibility index (Phi) is 1.98. The molecule has 1 saturated carbocycles. The Bertz CT molecular complexity index is 145. The first-order valence-corrected chi connectivity index (χ1v) is 4.01. The summed E-state index contributed by atoms with van der Waals surface area (Å²) in [6.45, 7) is 12.5. The zero-order valence-corrected chi connectivity index (χ0v) is 6.98. The molecule has 0 aliphatic heterocycles. The molecule has 1 rings (SSSR count).